The van der Waals surface area contributed by atoms with Gasteiger partial charge in [0.2, 0.25) is 5.91 Å². The molecule has 0 bridgehead atoms. The zero-order chi connectivity index (χ0) is 13.8. The molecular weight excluding hydrogens is 240 g/mol. The van der Waals surface area contributed by atoms with Crippen LogP contribution < -0.4 is 15.0 Å². The van der Waals surface area contributed by atoms with Gasteiger partial charge in [-0.05, 0) is 51.5 Å². The summed E-state index contributed by atoms with van der Waals surface area (Å²) < 4.78 is 5.42. The third kappa shape index (κ3) is 3.26. The molecule has 4 nitrogen and oxygen atoms in total. The number of rotatable bonds is 3. The first-order chi connectivity index (χ1) is 9.11. The summed E-state index contributed by atoms with van der Waals surface area (Å²) in [7, 11) is 0. The van der Waals surface area contributed by atoms with Gasteiger partial charge in [-0.25, -0.2) is 0 Å². The Balaban J connectivity index is 2.17. The van der Waals surface area contributed by atoms with Gasteiger partial charge in [0.25, 0.3) is 0 Å². The summed E-state index contributed by atoms with van der Waals surface area (Å²) in [4.78, 5) is 14.2. The lowest BCUT2D eigenvalue weighted by atomic mass is 10.2. The lowest BCUT2D eigenvalue weighted by molar-refractivity contribution is -0.119. The largest absolute Gasteiger partial charge is 0.494 e. The van der Waals surface area contributed by atoms with Crippen molar-refractivity contribution >= 4 is 11.6 Å². The second-order valence-corrected chi connectivity index (χ2v) is 4.99. The maximum Gasteiger partial charge on any atom is 0.243 e. The fraction of sp³-hybridized carbons (Fsp3) is 0.533. The lowest BCUT2D eigenvalue weighted by Crippen LogP contribution is -2.43. The van der Waals surface area contributed by atoms with Crippen LogP contribution in [0.5, 0.6) is 5.75 Å². The third-order valence-corrected chi connectivity index (χ3v) is 3.42. The van der Waals surface area contributed by atoms with Gasteiger partial charge >= 0.3 is 0 Å². The highest BCUT2D eigenvalue weighted by molar-refractivity contribution is 5.97. The predicted octanol–water partition coefficient (Wildman–Crippen LogP) is 2.19. The highest BCUT2D eigenvalue weighted by Gasteiger charge is 2.26. The van der Waals surface area contributed by atoms with Crippen LogP contribution in [0.2, 0.25) is 0 Å². The monoisotopic (exact) mass is 262 g/mol. The molecule has 1 aromatic rings. The Bertz CT molecular complexity index is 430. The Morgan fingerprint density at radius 2 is 2.00 bits per heavy atom. The second-order valence-electron chi connectivity index (χ2n) is 4.99. The number of carbonyl (C=O) groups is 1. The van der Waals surface area contributed by atoms with Gasteiger partial charge in [0.15, 0.2) is 0 Å². The first-order valence-corrected chi connectivity index (χ1v) is 6.92. The molecule has 0 spiro atoms. The van der Waals surface area contributed by atoms with Crippen molar-refractivity contribution in [3.63, 3.8) is 0 Å². The van der Waals surface area contributed by atoms with Crippen LogP contribution in [0.25, 0.3) is 0 Å². The molecule has 1 aliphatic heterocycles. The number of carbonyl (C=O) groups excluding carboxylic acids is 1. The van der Waals surface area contributed by atoms with Gasteiger partial charge in [-0.3, -0.25) is 4.79 Å². The molecule has 1 N–H and O–H groups in total. The van der Waals surface area contributed by atoms with Crippen molar-refractivity contribution in [3.8, 4) is 5.75 Å². The van der Waals surface area contributed by atoms with Crippen molar-refractivity contribution in [2.45, 2.75) is 39.3 Å². The number of nitrogens with zero attached hydrogens (tertiary/aromatic N) is 1. The quantitative estimate of drug-likeness (QED) is 0.908. The van der Waals surface area contributed by atoms with Crippen LogP contribution in [0, 0.1) is 0 Å². The molecule has 104 valence electrons. The smallest absolute Gasteiger partial charge is 0.243 e. The minimum atomic E-state index is -0.135. The summed E-state index contributed by atoms with van der Waals surface area (Å²) in [5, 5.41) is 3.31. The first-order valence-electron chi connectivity index (χ1n) is 6.92. The second kappa shape index (κ2) is 6.06. The molecule has 4 heteroatoms. The summed E-state index contributed by atoms with van der Waals surface area (Å²) in [5.41, 5.74) is 0.941. The number of hydrogen-bond donors (Lipinski definition) is 1. The molecule has 0 radical (unpaired) electrons. The molecule has 1 fully saturated rings. The van der Waals surface area contributed by atoms with E-state index in [1.165, 1.54) is 0 Å². The number of nitrogens with one attached hydrogen (secondary N) is 1. The molecule has 1 aliphatic rings. The molecular formula is C15H22N2O2. The fourth-order valence-electron chi connectivity index (χ4n) is 2.39. The van der Waals surface area contributed by atoms with Crippen molar-refractivity contribution < 1.29 is 9.53 Å². The molecule has 2 rings (SSSR count). The van der Waals surface area contributed by atoms with E-state index in [0.29, 0.717) is 12.6 Å². The highest BCUT2D eigenvalue weighted by atomic mass is 16.5. The molecule has 19 heavy (non-hydrogen) atoms. The van der Waals surface area contributed by atoms with Gasteiger partial charge in [0.1, 0.15) is 5.75 Å². The van der Waals surface area contributed by atoms with Crippen LogP contribution in [-0.4, -0.2) is 31.1 Å². The molecule has 1 saturated heterocycles. The summed E-state index contributed by atoms with van der Waals surface area (Å²) in [6.45, 7) is 7.41. The summed E-state index contributed by atoms with van der Waals surface area (Å²) in [5.74, 6) is 0.974. The molecule has 2 atom stereocenters. The van der Waals surface area contributed by atoms with Gasteiger partial charge in [-0.1, -0.05) is 0 Å². The van der Waals surface area contributed by atoms with E-state index in [4.69, 9.17) is 4.74 Å². The van der Waals surface area contributed by atoms with Crippen molar-refractivity contribution in [2.75, 3.05) is 18.1 Å². The lowest BCUT2D eigenvalue weighted by Gasteiger charge is -2.22. The van der Waals surface area contributed by atoms with E-state index in [1.54, 1.807) is 0 Å². The van der Waals surface area contributed by atoms with Crippen molar-refractivity contribution in [1.82, 2.24) is 5.32 Å². The molecule has 1 amide bonds. The number of ether oxygens (including phenoxy) is 1. The van der Waals surface area contributed by atoms with Gasteiger partial charge in [-0.15, -0.1) is 0 Å². The van der Waals surface area contributed by atoms with Crippen LogP contribution in [0.1, 0.15) is 27.2 Å². The summed E-state index contributed by atoms with van der Waals surface area (Å²) in [6, 6.07) is 7.96. The Labute approximate surface area is 114 Å². The Hall–Kier alpha value is -1.55. The fourth-order valence-corrected chi connectivity index (χ4v) is 2.39. The molecule has 1 aromatic carbocycles. The number of benzene rings is 1. The van der Waals surface area contributed by atoms with Crippen molar-refractivity contribution in [1.29, 1.82) is 0 Å². The standard InChI is InChI=1S/C15H22N2O2/c1-4-19-14-7-5-13(6-8-14)17-10-9-11(2)16-12(3)15(17)18/h5-8,11-12,16H,4,9-10H2,1-3H3. The van der Waals surface area contributed by atoms with E-state index in [0.717, 1.165) is 24.4 Å². The zero-order valence-electron chi connectivity index (χ0n) is 11.8. The maximum absolute atomic E-state index is 12.3. The number of amides is 1. The SMILES string of the molecule is CCOc1ccc(N2CCC(C)NC(C)C2=O)cc1. The highest BCUT2D eigenvalue weighted by Crippen LogP contribution is 2.22. The van der Waals surface area contributed by atoms with Crippen LogP contribution in [0.4, 0.5) is 5.69 Å². The zero-order valence-corrected chi connectivity index (χ0v) is 11.8. The Kier molecular flexibility index (Phi) is 4.43. The topological polar surface area (TPSA) is 41.6 Å². The molecule has 0 aliphatic carbocycles. The average Bonchev–Trinajstić information content (AvgIpc) is 2.52. The van der Waals surface area contributed by atoms with Crippen LogP contribution in [0.3, 0.4) is 0 Å². The van der Waals surface area contributed by atoms with Crippen LogP contribution in [0.15, 0.2) is 24.3 Å². The van der Waals surface area contributed by atoms with Gasteiger partial charge in [0.05, 0.1) is 12.6 Å². The molecule has 0 aromatic heterocycles. The minimum absolute atomic E-state index is 0.133. The predicted molar refractivity (Wildman–Crippen MR) is 76.6 cm³/mol. The Morgan fingerprint density at radius 3 is 2.63 bits per heavy atom. The maximum atomic E-state index is 12.3. The van der Waals surface area contributed by atoms with Crippen LogP contribution >= 0.6 is 0 Å². The summed E-state index contributed by atoms with van der Waals surface area (Å²) in [6.07, 6.45) is 0.962. The van der Waals surface area contributed by atoms with E-state index in [-0.39, 0.29) is 11.9 Å². The van der Waals surface area contributed by atoms with Crippen LogP contribution in [-0.2, 0) is 4.79 Å². The number of hydrogen-bond acceptors (Lipinski definition) is 3. The minimum Gasteiger partial charge on any atom is -0.494 e. The van der Waals surface area contributed by atoms with E-state index < -0.39 is 0 Å². The van der Waals surface area contributed by atoms with E-state index in [2.05, 4.69) is 12.2 Å². The van der Waals surface area contributed by atoms with E-state index in [1.807, 2.05) is 43.0 Å². The third-order valence-electron chi connectivity index (χ3n) is 3.42. The summed E-state index contributed by atoms with van der Waals surface area (Å²) >= 11 is 0. The van der Waals surface area contributed by atoms with E-state index in [9.17, 15) is 4.79 Å². The van der Waals surface area contributed by atoms with Gasteiger partial charge < -0.3 is 15.0 Å². The van der Waals surface area contributed by atoms with Gasteiger partial charge in [-0.2, -0.15) is 0 Å². The average molecular weight is 262 g/mol. The molecule has 1 heterocycles. The van der Waals surface area contributed by atoms with E-state index >= 15 is 0 Å². The van der Waals surface area contributed by atoms with Crippen molar-refractivity contribution in [2.24, 2.45) is 0 Å². The first kappa shape index (κ1) is 13.9. The molecule has 0 saturated carbocycles. The number of anilines is 1. The normalized spacial score (nSPS) is 24.2. The van der Waals surface area contributed by atoms with Crippen molar-refractivity contribution in [3.05, 3.63) is 24.3 Å². The van der Waals surface area contributed by atoms with Gasteiger partial charge in [0, 0.05) is 18.3 Å². The molecule has 2 unspecified atom stereocenters. The Morgan fingerprint density at radius 1 is 1.32 bits per heavy atom.